The Kier molecular flexibility index (Phi) is 7.64. The molecule has 4 rings (SSSR count). The molecule has 0 aromatic heterocycles. The quantitative estimate of drug-likeness (QED) is 0.228. The first-order chi connectivity index (χ1) is 16.2. The summed E-state index contributed by atoms with van der Waals surface area (Å²) in [6.07, 6.45) is 0. The number of hydrogen-bond donors (Lipinski definition) is 0. The Morgan fingerprint density at radius 2 is 0.848 bits per heavy atom. The van der Waals surface area contributed by atoms with E-state index in [1.807, 2.05) is 8.85 Å². The Balaban J connectivity index is 2.24. The predicted molar refractivity (Wildman–Crippen MR) is 153 cm³/mol. The van der Waals surface area contributed by atoms with E-state index < -0.39 is 16.0 Å². The summed E-state index contributed by atoms with van der Waals surface area (Å²) in [4.78, 5) is 2.32. The number of rotatable bonds is 7. The van der Waals surface area contributed by atoms with Crippen molar-refractivity contribution in [1.29, 1.82) is 0 Å². The van der Waals surface area contributed by atoms with E-state index in [0.717, 1.165) is 17.4 Å². The van der Waals surface area contributed by atoms with Crippen molar-refractivity contribution in [3.8, 4) is 0 Å². The van der Waals surface area contributed by atoms with Gasteiger partial charge in [0.05, 0.1) is 0 Å². The average Bonchev–Trinajstić information content (AvgIpc) is 2.90. The Morgan fingerprint density at radius 1 is 0.576 bits per heavy atom. The Hall–Kier alpha value is -2.06. The van der Waals surface area contributed by atoms with Gasteiger partial charge >= 0.3 is 209 Å². The third-order valence-electron chi connectivity index (χ3n) is 6.28. The molecule has 0 fully saturated rings. The van der Waals surface area contributed by atoms with Crippen molar-refractivity contribution in [2.24, 2.45) is 0 Å². The Morgan fingerprint density at radius 3 is 1.09 bits per heavy atom. The van der Waals surface area contributed by atoms with Gasteiger partial charge in [0.15, 0.2) is 0 Å². The second kappa shape index (κ2) is 10.5. The van der Waals surface area contributed by atoms with Crippen LogP contribution in [0.15, 0.2) is 121 Å². The maximum absolute atomic E-state index is 6.23. The van der Waals surface area contributed by atoms with Gasteiger partial charge < -0.3 is 0 Å². The van der Waals surface area contributed by atoms with E-state index in [2.05, 4.69) is 140 Å². The van der Waals surface area contributed by atoms with Crippen LogP contribution in [0, 0.1) is 0 Å². The number of benzene rings is 4. The molecule has 0 saturated heterocycles. The molecule has 0 aliphatic rings. The molecule has 0 aliphatic heterocycles. The van der Waals surface area contributed by atoms with Gasteiger partial charge in [0.1, 0.15) is 0 Å². The second-order valence-corrected chi connectivity index (χ2v) is 27.4. The molecule has 4 heteroatoms. The molecule has 0 aliphatic carbocycles. The van der Waals surface area contributed by atoms with Gasteiger partial charge in [0, 0.05) is 0 Å². The van der Waals surface area contributed by atoms with Gasteiger partial charge in [-0.15, -0.1) is 0 Å². The summed E-state index contributed by atoms with van der Waals surface area (Å²) in [6.45, 7) is 6.18. The van der Waals surface area contributed by atoms with Crippen molar-refractivity contribution in [3.63, 3.8) is 0 Å². The van der Waals surface area contributed by atoms with Crippen LogP contribution >= 0.6 is 21.1 Å². The molecule has 0 amide bonds. The molecule has 0 spiro atoms. The monoisotopic (exact) mass is 577 g/mol. The Bertz CT molecular complexity index is 1010. The van der Waals surface area contributed by atoms with Gasteiger partial charge in [-0.1, -0.05) is 0 Å². The summed E-state index contributed by atoms with van der Waals surface area (Å²) >= 11 is 1.74. The molecule has 0 bridgehead atoms. The first-order valence-corrected chi connectivity index (χ1v) is 20.8. The molecule has 4 aromatic rings. The van der Waals surface area contributed by atoms with Crippen LogP contribution in [0.4, 0.5) is 0 Å². The SMILES string of the molecule is CCN(CC)C(=S)[S][Sb]([c]1ccccc1)([c]1ccccc1)([c]1ccccc1)[c]1ccccc1. The minimum absolute atomic E-state index is 0.902. The number of thiocarbonyl (C=S) groups is 1. The first kappa shape index (κ1) is 24.1. The topological polar surface area (TPSA) is 3.24 Å². The first-order valence-electron chi connectivity index (χ1n) is 11.4. The normalized spacial score (nSPS) is 12.5. The van der Waals surface area contributed by atoms with Crippen LogP contribution in [-0.4, -0.2) is 38.3 Å². The summed E-state index contributed by atoms with van der Waals surface area (Å²) in [6, 6.07) is 44.5. The van der Waals surface area contributed by atoms with Crippen molar-refractivity contribution >= 4 is 55.4 Å². The summed E-state index contributed by atoms with van der Waals surface area (Å²) in [5.74, 6) is 0. The molecule has 0 heterocycles. The van der Waals surface area contributed by atoms with Gasteiger partial charge in [0.2, 0.25) is 0 Å². The van der Waals surface area contributed by atoms with E-state index >= 15 is 0 Å². The predicted octanol–water partition coefficient (Wildman–Crippen LogP) is 4.87. The zero-order valence-corrected chi connectivity index (χ0v) is 23.4. The van der Waals surface area contributed by atoms with Crippen LogP contribution < -0.4 is 14.0 Å². The van der Waals surface area contributed by atoms with Crippen LogP contribution in [0.2, 0.25) is 0 Å². The summed E-state index contributed by atoms with van der Waals surface area (Å²) in [7, 11) is 1.97. The molecule has 4 aromatic carbocycles. The summed E-state index contributed by atoms with van der Waals surface area (Å²) in [5, 5.41) is 0. The fraction of sp³-hybridized carbons (Fsp3) is 0.138. The van der Waals surface area contributed by atoms with Crippen LogP contribution in [0.3, 0.4) is 0 Å². The van der Waals surface area contributed by atoms with Crippen LogP contribution in [0.25, 0.3) is 0 Å². The zero-order valence-electron chi connectivity index (χ0n) is 19.2. The van der Waals surface area contributed by atoms with E-state index in [1.165, 1.54) is 14.0 Å². The molecule has 0 N–H and O–H groups in total. The zero-order chi connectivity index (χ0) is 23.2. The Labute approximate surface area is 207 Å². The molecule has 0 saturated carbocycles. The number of hydrogen-bond acceptors (Lipinski definition) is 2. The standard InChI is InChI=1S/4C6H5.C5H11NS2.Sb/c4*1-2-4-6-5-3-1;1-3-6(4-2)5(7)8;/h4*1-5H;3-4H2,1-2H3,(H,7,8);/q;;;;;+1/p-1. The number of nitrogens with zero attached hydrogens (tertiary/aromatic N) is 1. The minimum atomic E-state index is -4.49. The van der Waals surface area contributed by atoms with Crippen molar-refractivity contribution in [2.45, 2.75) is 13.8 Å². The van der Waals surface area contributed by atoms with Crippen molar-refractivity contribution in [3.05, 3.63) is 121 Å². The molecule has 0 atom stereocenters. The van der Waals surface area contributed by atoms with E-state index in [0.29, 0.717) is 0 Å². The van der Waals surface area contributed by atoms with Crippen molar-refractivity contribution < 1.29 is 0 Å². The molecular weight excluding hydrogens is 548 g/mol. The van der Waals surface area contributed by atoms with Crippen LogP contribution in [0.5, 0.6) is 0 Å². The van der Waals surface area contributed by atoms with E-state index in [1.54, 1.807) is 0 Å². The fourth-order valence-corrected chi connectivity index (χ4v) is 33.1. The van der Waals surface area contributed by atoms with Crippen LogP contribution in [-0.2, 0) is 0 Å². The van der Waals surface area contributed by atoms with Crippen molar-refractivity contribution in [2.75, 3.05) is 13.1 Å². The van der Waals surface area contributed by atoms with Crippen LogP contribution in [0.1, 0.15) is 13.8 Å². The second-order valence-electron chi connectivity index (χ2n) is 7.91. The summed E-state index contributed by atoms with van der Waals surface area (Å²) in [5.41, 5.74) is 0. The molecule has 0 unspecified atom stereocenters. The van der Waals surface area contributed by atoms with Gasteiger partial charge in [-0.05, 0) is 0 Å². The van der Waals surface area contributed by atoms with Gasteiger partial charge in [0.25, 0.3) is 0 Å². The maximum atomic E-state index is 6.23. The molecular formula is C29H30NS2Sb. The van der Waals surface area contributed by atoms with Gasteiger partial charge in [-0.25, -0.2) is 0 Å². The van der Waals surface area contributed by atoms with E-state index in [4.69, 9.17) is 12.2 Å². The van der Waals surface area contributed by atoms with Gasteiger partial charge in [-0.2, -0.15) is 0 Å². The summed E-state index contributed by atoms with van der Waals surface area (Å²) < 4.78 is 6.51. The van der Waals surface area contributed by atoms with E-state index in [9.17, 15) is 0 Å². The van der Waals surface area contributed by atoms with Gasteiger partial charge in [-0.3, -0.25) is 0 Å². The third kappa shape index (κ3) is 4.05. The molecule has 0 radical (unpaired) electrons. The van der Waals surface area contributed by atoms with Crippen molar-refractivity contribution in [1.82, 2.24) is 4.90 Å². The fourth-order valence-electron chi connectivity index (χ4n) is 4.65. The average molecular weight is 578 g/mol. The molecule has 1 nitrogen and oxygen atoms in total. The molecule has 33 heavy (non-hydrogen) atoms. The molecule has 168 valence electrons. The van der Waals surface area contributed by atoms with E-state index in [-0.39, 0.29) is 0 Å². The third-order valence-corrected chi connectivity index (χ3v) is 33.6.